The van der Waals surface area contributed by atoms with Crippen LogP contribution in [0.4, 0.5) is 11.8 Å². The standard InChI is InChI=1S/C19H27N5O/c1-3-16-8-4-5-12-24(16)18-14-21-23-19(22-18)20-11-10-15-7-6-9-17(13-15)25-2/h6-7,9,13-14,16H,3-5,8,10-12H2,1-2H3,(H,20,22,23). The fourth-order valence-corrected chi connectivity index (χ4v) is 3.38. The Labute approximate surface area is 149 Å². The zero-order valence-corrected chi connectivity index (χ0v) is 15.1. The molecule has 1 atom stereocenters. The maximum Gasteiger partial charge on any atom is 0.244 e. The minimum absolute atomic E-state index is 0.565. The highest BCUT2D eigenvalue weighted by atomic mass is 16.5. The molecule has 1 aliphatic rings. The van der Waals surface area contributed by atoms with Crippen molar-refractivity contribution in [3.63, 3.8) is 0 Å². The van der Waals surface area contributed by atoms with E-state index in [2.05, 4.69) is 44.5 Å². The summed E-state index contributed by atoms with van der Waals surface area (Å²) in [5.41, 5.74) is 1.22. The number of nitrogens with one attached hydrogen (secondary N) is 1. The molecule has 1 fully saturated rings. The summed E-state index contributed by atoms with van der Waals surface area (Å²) >= 11 is 0. The van der Waals surface area contributed by atoms with Gasteiger partial charge in [-0.05, 0) is 49.8 Å². The average Bonchev–Trinajstić information content (AvgIpc) is 2.68. The van der Waals surface area contributed by atoms with Crippen LogP contribution in [0.5, 0.6) is 5.75 Å². The Morgan fingerprint density at radius 1 is 1.32 bits per heavy atom. The van der Waals surface area contributed by atoms with E-state index in [0.29, 0.717) is 12.0 Å². The molecule has 1 aliphatic heterocycles. The Kier molecular flexibility index (Phi) is 6.04. The lowest BCUT2D eigenvalue weighted by Gasteiger charge is -2.35. The van der Waals surface area contributed by atoms with Crippen molar-refractivity contribution in [1.82, 2.24) is 15.2 Å². The summed E-state index contributed by atoms with van der Waals surface area (Å²) in [6.07, 6.45) is 7.56. The van der Waals surface area contributed by atoms with Gasteiger partial charge in [-0.15, -0.1) is 5.10 Å². The van der Waals surface area contributed by atoms with Crippen LogP contribution >= 0.6 is 0 Å². The van der Waals surface area contributed by atoms with Gasteiger partial charge in [0, 0.05) is 19.1 Å². The first-order valence-electron chi connectivity index (χ1n) is 9.13. The van der Waals surface area contributed by atoms with Crippen LogP contribution in [0, 0.1) is 0 Å². The number of benzene rings is 1. The van der Waals surface area contributed by atoms with Crippen LogP contribution < -0.4 is 15.0 Å². The summed E-state index contributed by atoms with van der Waals surface area (Å²) < 4.78 is 5.26. The molecule has 2 heterocycles. The molecular formula is C19H27N5O. The number of hydrogen-bond acceptors (Lipinski definition) is 6. The Balaban J connectivity index is 1.59. The van der Waals surface area contributed by atoms with Crippen LogP contribution in [-0.2, 0) is 6.42 Å². The molecule has 1 aromatic carbocycles. The van der Waals surface area contributed by atoms with Crippen molar-refractivity contribution in [1.29, 1.82) is 0 Å². The van der Waals surface area contributed by atoms with Gasteiger partial charge in [-0.1, -0.05) is 19.1 Å². The van der Waals surface area contributed by atoms with Crippen molar-refractivity contribution in [3.05, 3.63) is 36.0 Å². The van der Waals surface area contributed by atoms with Crippen molar-refractivity contribution in [2.24, 2.45) is 0 Å². The SMILES string of the molecule is CCC1CCCCN1c1cnnc(NCCc2cccc(OC)c2)n1. The van der Waals surface area contributed by atoms with Gasteiger partial charge in [0.15, 0.2) is 5.82 Å². The molecule has 0 saturated carbocycles. The number of piperidine rings is 1. The zero-order valence-electron chi connectivity index (χ0n) is 15.1. The third-order valence-electron chi connectivity index (χ3n) is 4.77. The molecule has 1 unspecified atom stereocenters. The lowest BCUT2D eigenvalue weighted by molar-refractivity contribution is 0.414. The first-order valence-corrected chi connectivity index (χ1v) is 9.13. The van der Waals surface area contributed by atoms with Crippen molar-refractivity contribution in [3.8, 4) is 5.75 Å². The molecule has 1 saturated heterocycles. The summed E-state index contributed by atoms with van der Waals surface area (Å²) in [5, 5.41) is 11.6. The van der Waals surface area contributed by atoms with Gasteiger partial charge in [-0.25, -0.2) is 0 Å². The average molecular weight is 341 g/mol. The molecule has 1 N–H and O–H groups in total. The second-order valence-corrected chi connectivity index (χ2v) is 6.42. The topological polar surface area (TPSA) is 63.2 Å². The van der Waals surface area contributed by atoms with E-state index < -0.39 is 0 Å². The van der Waals surface area contributed by atoms with E-state index in [1.807, 2.05) is 12.1 Å². The Hall–Kier alpha value is -2.37. The van der Waals surface area contributed by atoms with Crippen molar-refractivity contribution in [2.75, 3.05) is 30.4 Å². The van der Waals surface area contributed by atoms with Crippen LogP contribution in [0.15, 0.2) is 30.5 Å². The summed E-state index contributed by atoms with van der Waals surface area (Å²) in [6.45, 7) is 4.06. The molecule has 1 aromatic heterocycles. The normalized spacial score (nSPS) is 17.4. The smallest absolute Gasteiger partial charge is 0.244 e. The van der Waals surface area contributed by atoms with E-state index in [4.69, 9.17) is 4.74 Å². The van der Waals surface area contributed by atoms with Gasteiger partial charge in [0.25, 0.3) is 0 Å². The quantitative estimate of drug-likeness (QED) is 0.834. The Morgan fingerprint density at radius 3 is 3.08 bits per heavy atom. The van der Waals surface area contributed by atoms with E-state index in [1.165, 1.54) is 24.8 Å². The van der Waals surface area contributed by atoms with E-state index in [1.54, 1.807) is 13.3 Å². The van der Waals surface area contributed by atoms with Gasteiger partial charge in [0.1, 0.15) is 5.75 Å². The first kappa shape index (κ1) is 17.5. The number of anilines is 2. The lowest BCUT2D eigenvalue weighted by Crippen LogP contribution is -2.39. The fourth-order valence-electron chi connectivity index (χ4n) is 3.38. The van der Waals surface area contributed by atoms with Gasteiger partial charge in [-0.2, -0.15) is 10.1 Å². The maximum absolute atomic E-state index is 5.26. The highest BCUT2D eigenvalue weighted by Crippen LogP contribution is 2.24. The number of hydrogen-bond donors (Lipinski definition) is 1. The first-order chi connectivity index (χ1) is 12.3. The van der Waals surface area contributed by atoms with Crippen molar-refractivity contribution < 1.29 is 4.74 Å². The summed E-state index contributed by atoms with van der Waals surface area (Å²) in [4.78, 5) is 7.06. The monoisotopic (exact) mass is 341 g/mol. The van der Waals surface area contributed by atoms with E-state index in [0.717, 1.165) is 37.5 Å². The second kappa shape index (κ2) is 8.65. The summed E-state index contributed by atoms with van der Waals surface area (Å²) in [6, 6.07) is 8.68. The molecule has 25 heavy (non-hydrogen) atoms. The molecule has 134 valence electrons. The number of nitrogens with zero attached hydrogens (tertiary/aromatic N) is 4. The van der Waals surface area contributed by atoms with Crippen molar-refractivity contribution in [2.45, 2.75) is 45.1 Å². The predicted molar refractivity (Wildman–Crippen MR) is 100 cm³/mol. The molecule has 0 radical (unpaired) electrons. The van der Waals surface area contributed by atoms with E-state index >= 15 is 0 Å². The van der Waals surface area contributed by atoms with Crippen LogP contribution in [0.2, 0.25) is 0 Å². The molecule has 0 amide bonds. The third kappa shape index (κ3) is 4.59. The Bertz CT molecular complexity index is 678. The molecule has 6 heteroatoms. The predicted octanol–water partition coefficient (Wildman–Crippen LogP) is 3.30. The summed E-state index contributed by atoms with van der Waals surface area (Å²) in [7, 11) is 1.69. The Morgan fingerprint density at radius 2 is 2.24 bits per heavy atom. The lowest BCUT2D eigenvalue weighted by atomic mass is 10.0. The molecule has 0 aliphatic carbocycles. The molecule has 3 rings (SSSR count). The van der Waals surface area contributed by atoms with Crippen molar-refractivity contribution >= 4 is 11.8 Å². The van der Waals surface area contributed by atoms with Gasteiger partial charge < -0.3 is 15.0 Å². The van der Waals surface area contributed by atoms with Gasteiger partial charge in [0.05, 0.1) is 13.3 Å². The molecule has 0 bridgehead atoms. The van der Waals surface area contributed by atoms with Crippen LogP contribution in [0.3, 0.4) is 0 Å². The highest BCUT2D eigenvalue weighted by molar-refractivity contribution is 5.42. The minimum Gasteiger partial charge on any atom is -0.497 e. The fraction of sp³-hybridized carbons (Fsp3) is 0.526. The van der Waals surface area contributed by atoms with Crippen LogP contribution in [-0.4, -0.2) is 41.4 Å². The molecular weight excluding hydrogens is 314 g/mol. The summed E-state index contributed by atoms with van der Waals surface area (Å²) in [5.74, 6) is 2.42. The second-order valence-electron chi connectivity index (χ2n) is 6.42. The van der Waals surface area contributed by atoms with Crippen LogP contribution in [0.1, 0.15) is 38.2 Å². The van der Waals surface area contributed by atoms with Crippen LogP contribution in [0.25, 0.3) is 0 Å². The molecule has 2 aromatic rings. The van der Waals surface area contributed by atoms with Gasteiger partial charge in [0.2, 0.25) is 5.95 Å². The van der Waals surface area contributed by atoms with Gasteiger partial charge >= 0.3 is 0 Å². The number of rotatable bonds is 7. The maximum atomic E-state index is 5.26. The highest BCUT2D eigenvalue weighted by Gasteiger charge is 2.22. The zero-order chi connectivity index (χ0) is 17.5. The van der Waals surface area contributed by atoms with E-state index in [-0.39, 0.29) is 0 Å². The number of ether oxygens (including phenoxy) is 1. The minimum atomic E-state index is 0.565. The molecule has 6 nitrogen and oxygen atoms in total. The number of methoxy groups -OCH3 is 1. The van der Waals surface area contributed by atoms with Gasteiger partial charge in [-0.3, -0.25) is 0 Å². The molecule has 0 spiro atoms. The third-order valence-corrected chi connectivity index (χ3v) is 4.77. The van der Waals surface area contributed by atoms with E-state index in [9.17, 15) is 0 Å². The number of aromatic nitrogens is 3. The largest absolute Gasteiger partial charge is 0.497 e.